The summed E-state index contributed by atoms with van der Waals surface area (Å²) in [6, 6.07) is 9.32. The van der Waals surface area contributed by atoms with Gasteiger partial charge in [-0.2, -0.15) is 18.2 Å². The van der Waals surface area contributed by atoms with Crippen LogP contribution in [0.25, 0.3) is 11.3 Å². The third-order valence-corrected chi connectivity index (χ3v) is 9.53. The maximum atomic E-state index is 14.2. The van der Waals surface area contributed by atoms with Gasteiger partial charge in [0.15, 0.2) is 5.69 Å². The van der Waals surface area contributed by atoms with E-state index >= 15 is 0 Å². The first-order valence-electron chi connectivity index (χ1n) is 15.4. The first kappa shape index (κ1) is 36.3. The molecule has 3 N–H and O–H groups in total. The Balaban J connectivity index is 1.67. The summed E-state index contributed by atoms with van der Waals surface area (Å²) in [5.74, 6) is -1.60. The van der Waals surface area contributed by atoms with E-state index in [-0.39, 0.29) is 60.6 Å². The number of halogens is 3. The van der Waals surface area contributed by atoms with Gasteiger partial charge in [0, 0.05) is 45.6 Å². The van der Waals surface area contributed by atoms with Gasteiger partial charge in [-0.1, -0.05) is 6.07 Å². The number of alkyl halides is 3. The first-order valence-corrected chi connectivity index (χ1v) is 17.2. The van der Waals surface area contributed by atoms with Crippen LogP contribution in [0.1, 0.15) is 45.4 Å². The number of carbonyl (C=O) groups excluding carboxylic acids is 2. The first-order chi connectivity index (χ1) is 23.7. The molecule has 1 atom stereocenters. The maximum Gasteiger partial charge on any atom is 0.421 e. The third kappa shape index (κ3) is 8.07. The number of methoxy groups -OCH3 is 1. The van der Waals surface area contributed by atoms with Gasteiger partial charge in [-0.05, 0) is 49.2 Å². The number of ether oxygens (including phenoxy) is 1. The van der Waals surface area contributed by atoms with Crippen LogP contribution in [0, 0.1) is 0 Å². The maximum absolute atomic E-state index is 14.2. The van der Waals surface area contributed by atoms with Gasteiger partial charge in [0.25, 0.3) is 11.8 Å². The molecule has 0 fully saturated rings. The predicted molar refractivity (Wildman–Crippen MR) is 179 cm³/mol. The van der Waals surface area contributed by atoms with E-state index in [1.54, 1.807) is 56.0 Å². The molecule has 4 aromatic rings. The van der Waals surface area contributed by atoms with Crippen molar-refractivity contribution in [1.29, 1.82) is 0 Å². The summed E-state index contributed by atoms with van der Waals surface area (Å²) in [6.45, 7) is 2.15. The lowest BCUT2D eigenvalue weighted by Crippen LogP contribution is -2.24. The van der Waals surface area contributed by atoms with Gasteiger partial charge >= 0.3 is 13.8 Å². The minimum absolute atomic E-state index is 0.0458. The molecule has 0 radical (unpaired) electrons. The molecule has 3 aromatic heterocycles. The van der Waals surface area contributed by atoms with Crippen LogP contribution in [-0.4, -0.2) is 77.7 Å². The van der Waals surface area contributed by atoms with Gasteiger partial charge in [0.1, 0.15) is 22.8 Å². The van der Waals surface area contributed by atoms with E-state index < -0.39 is 31.1 Å². The van der Waals surface area contributed by atoms with Crippen molar-refractivity contribution in [3.8, 4) is 17.0 Å². The molecule has 266 valence electrons. The zero-order chi connectivity index (χ0) is 36.2. The minimum Gasteiger partial charge on any atom is -0.495 e. The van der Waals surface area contributed by atoms with Crippen LogP contribution in [0.2, 0.25) is 0 Å². The summed E-state index contributed by atoms with van der Waals surface area (Å²) >= 11 is 0. The Hall–Kier alpha value is -4.99. The third-order valence-electron chi connectivity index (χ3n) is 7.55. The van der Waals surface area contributed by atoms with Crippen molar-refractivity contribution < 1.29 is 41.1 Å². The number of hydrogen-bond donors (Lipinski definition) is 3. The second-order valence-corrected chi connectivity index (χ2v) is 13.3. The second-order valence-electron chi connectivity index (χ2n) is 11.3. The van der Waals surface area contributed by atoms with Crippen molar-refractivity contribution in [3.63, 3.8) is 0 Å². The number of benzene rings is 1. The molecule has 8 bridgehead atoms. The SMILES string of the molecule is CCO[P@]1(=O)Cc2ccc(c(OC)c2)Nc2ncc(C(F)(F)F)c(n2)Nc2ccc(nc2C(=O)NC)-c2cc(C(=O)N(C)C)n(c2)CCCO1. The molecule has 4 aliphatic rings. The van der Waals surface area contributed by atoms with E-state index in [1.807, 2.05) is 0 Å². The van der Waals surface area contributed by atoms with Gasteiger partial charge < -0.3 is 39.2 Å². The van der Waals surface area contributed by atoms with Crippen LogP contribution in [-0.2, 0) is 32.5 Å². The van der Waals surface area contributed by atoms with E-state index in [0.717, 1.165) is 0 Å². The van der Waals surface area contributed by atoms with Gasteiger partial charge in [0.05, 0.1) is 43.6 Å². The van der Waals surface area contributed by atoms with Gasteiger partial charge in [-0.25, -0.2) is 9.97 Å². The van der Waals surface area contributed by atoms with Gasteiger partial charge in [0.2, 0.25) is 5.95 Å². The Kier molecular flexibility index (Phi) is 10.8. The number of aryl methyl sites for hydroxylation is 1. The Morgan fingerprint density at radius 2 is 1.88 bits per heavy atom. The molecule has 0 saturated carbocycles. The lowest BCUT2D eigenvalue weighted by Gasteiger charge is -2.20. The van der Waals surface area contributed by atoms with Crippen LogP contribution in [0.5, 0.6) is 5.75 Å². The van der Waals surface area contributed by atoms with Gasteiger partial charge in [-0.15, -0.1) is 0 Å². The number of nitrogens with one attached hydrogen (secondary N) is 3. The van der Waals surface area contributed by atoms with Crippen LogP contribution < -0.4 is 20.7 Å². The molecule has 1 aromatic carbocycles. The Morgan fingerprint density at radius 3 is 2.56 bits per heavy atom. The van der Waals surface area contributed by atoms with E-state index in [2.05, 4.69) is 30.9 Å². The Bertz CT molecular complexity index is 1950. The highest BCUT2D eigenvalue weighted by atomic mass is 31.2. The minimum atomic E-state index is -4.86. The normalized spacial score (nSPS) is 16.4. The molecular formula is C32H36F3N8O6P. The molecule has 2 amide bonds. The van der Waals surface area contributed by atoms with E-state index in [4.69, 9.17) is 13.8 Å². The molecule has 18 heteroatoms. The molecule has 0 aliphatic carbocycles. The largest absolute Gasteiger partial charge is 0.495 e. The lowest BCUT2D eigenvalue weighted by molar-refractivity contribution is -0.137. The molecular weight excluding hydrogens is 680 g/mol. The van der Waals surface area contributed by atoms with Crippen molar-refractivity contribution in [2.45, 2.75) is 32.2 Å². The quantitative estimate of drug-likeness (QED) is 0.206. The average molecular weight is 717 g/mol. The molecule has 8 rings (SSSR count). The molecule has 0 saturated heterocycles. The van der Waals surface area contributed by atoms with Crippen molar-refractivity contribution in [2.75, 3.05) is 52.1 Å². The molecule has 14 nitrogen and oxygen atoms in total. The Labute approximate surface area is 285 Å². The Morgan fingerprint density at radius 1 is 1.12 bits per heavy atom. The van der Waals surface area contributed by atoms with Crippen molar-refractivity contribution in [3.05, 3.63) is 71.3 Å². The van der Waals surface area contributed by atoms with Crippen LogP contribution >= 0.6 is 7.60 Å². The zero-order valence-corrected chi connectivity index (χ0v) is 28.8. The summed E-state index contributed by atoms with van der Waals surface area (Å²) in [7, 11) is 2.31. The van der Waals surface area contributed by atoms with E-state index in [9.17, 15) is 27.3 Å². The zero-order valence-electron chi connectivity index (χ0n) is 27.9. The molecule has 0 spiro atoms. The molecule has 4 aliphatic heterocycles. The smallest absolute Gasteiger partial charge is 0.421 e. The summed E-state index contributed by atoms with van der Waals surface area (Å²) in [4.78, 5) is 40.1. The fourth-order valence-electron chi connectivity index (χ4n) is 5.17. The summed E-state index contributed by atoms with van der Waals surface area (Å²) < 4.78 is 74.9. The predicted octanol–water partition coefficient (Wildman–Crippen LogP) is 6.07. The van der Waals surface area contributed by atoms with Gasteiger partial charge in [-0.3, -0.25) is 14.2 Å². The highest BCUT2D eigenvalue weighted by Crippen LogP contribution is 2.52. The van der Waals surface area contributed by atoms with Crippen LogP contribution in [0.3, 0.4) is 0 Å². The average Bonchev–Trinajstić information content (AvgIpc) is 3.50. The van der Waals surface area contributed by atoms with Crippen molar-refractivity contribution in [1.82, 2.24) is 29.7 Å². The molecule has 7 heterocycles. The topological polar surface area (TPSA) is 162 Å². The van der Waals surface area contributed by atoms with E-state index in [0.29, 0.717) is 35.1 Å². The summed E-state index contributed by atoms with van der Waals surface area (Å²) in [5, 5.41) is 7.96. The van der Waals surface area contributed by atoms with Crippen LogP contribution in [0.15, 0.2) is 48.8 Å². The summed E-state index contributed by atoms with van der Waals surface area (Å²) in [5.41, 5.74) is 0.431. The molecule has 50 heavy (non-hydrogen) atoms. The van der Waals surface area contributed by atoms with Crippen molar-refractivity contribution >= 4 is 42.6 Å². The second kappa shape index (κ2) is 14.9. The standard InChI is InChI=1S/C32H36F3N8O6P/c1-6-48-50(46)18-19-8-9-23(26(14-19)47-5)40-31-37-16-21(32(33,34)35)28(41-31)39-24-11-10-22(38-27(24)29(44)36-2)20-15-25(30(45)42(3)4)43(17-20)12-7-13-49-50/h8-11,14-17H,6-7,12-13,18H2,1-5H3,(H,36,44)(H2,37,39,40,41)/t50-/m1/s1. The highest BCUT2D eigenvalue weighted by Gasteiger charge is 2.36. The monoisotopic (exact) mass is 716 g/mol. The number of carbonyl (C=O) groups is 2. The van der Waals surface area contributed by atoms with E-state index in [1.165, 1.54) is 31.2 Å². The number of aromatic nitrogens is 4. The number of anilines is 4. The summed E-state index contributed by atoms with van der Waals surface area (Å²) in [6.07, 6.45) is -2.31. The number of rotatable bonds is 5. The molecule has 0 unspecified atom stereocenters. The number of hydrogen-bond acceptors (Lipinski definition) is 11. The number of pyridine rings is 1. The highest BCUT2D eigenvalue weighted by molar-refractivity contribution is 7.53. The fourth-order valence-corrected chi connectivity index (χ4v) is 6.88. The van der Waals surface area contributed by atoms with Crippen LogP contribution in [0.4, 0.5) is 36.3 Å². The fraction of sp³-hybridized carbons (Fsp3) is 0.344. The lowest BCUT2D eigenvalue weighted by atomic mass is 10.1. The number of amides is 2. The van der Waals surface area contributed by atoms with Crippen molar-refractivity contribution in [2.24, 2.45) is 0 Å². The number of nitrogens with zero attached hydrogens (tertiary/aromatic N) is 5.